The lowest BCUT2D eigenvalue weighted by molar-refractivity contribution is -0.384. The Bertz CT molecular complexity index is 274. The highest BCUT2D eigenvalue weighted by Crippen LogP contribution is 2.06. The molecule has 1 aliphatic heterocycles. The molecule has 1 heterocycles. The molecule has 2 rings (SSSR count). The smallest absolute Gasteiger partial charge is 0.269 e. The molecule has 5 heteroatoms. The summed E-state index contributed by atoms with van der Waals surface area (Å²) in [5, 5.41) is 16.5. The molecule has 1 saturated heterocycles. The molecule has 0 saturated carbocycles. The minimum absolute atomic E-state index is 0.137. The second-order valence-electron chi connectivity index (χ2n) is 3.09. The Balaban J connectivity index is 0.000000162. The minimum atomic E-state index is -0.417. The molecule has 82 valence electrons. The summed E-state index contributed by atoms with van der Waals surface area (Å²) in [6.45, 7) is 4.56. The average Bonchev–Trinajstić information content (AvgIpc) is 2.33. The molecule has 5 nitrogen and oxygen atoms in total. The number of nitro benzene ring substituents is 1. The van der Waals surface area contributed by atoms with E-state index in [0.29, 0.717) is 0 Å². The Morgan fingerprint density at radius 2 is 1.47 bits per heavy atom. The largest absolute Gasteiger partial charge is 0.314 e. The molecule has 0 unspecified atom stereocenters. The zero-order valence-corrected chi connectivity index (χ0v) is 8.48. The van der Waals surface area contributed by atoms with Crippen molar-refractivity contribution >= 4 is 5.69 Å². The van der Waals surface area contributed by atoms with Gasteiger partial charge in [-0.05, 0) is 0 Å². The summed E-state index contributed by atoms with van der Waals surface area (Å²) in [6, 6.07) is 7.93. The summed E-state index contributed by atoms with van der Waals surface area (Å²) in [5.41, 5.74) is 0.137. The SMILES string of the molecule is C1CNCCN1.O=[N+]([O-])c1ccccc1. The lowest BCUT2D eigenvalue weighted by Gasteiger charge is -2.11. The fourth-order valence-corrected chi connectivity index (χ4v) is 1.15. The number of piperazine rings is 1. The van der Waals surface area contributed by atoms with Crippen molar-refractivity contribution in [3.05, 3.63) is 40.4 Å². The molecule has 1 aliphatic rings. The van der Waals surface area contributed by atoms with Crippen LogP contribution in [0.5, 0.6) is 0 Å². The molecule has 0 amide bonds. The monoisotopic (exact) mass is 209 g/mol. The molecule has 1 fully saturated rings. The normalized spacial score (nSPS) is 14.9. The standard InChI is InChI=1S/C6H5NO2.C4H10N2/c8-7(9)6-4-2-1-3-5-6;1-2-6-4-3-5-1/h1-5H;5-6H,1-4H2. The molecular weight excluding hydrogens is 194 g/mol. The fourth-order valence-electron chi connectivity index (χ4n) is 1.15. The number of nitrogens with one attached hydrogen (secondary N) is 2. The summed E-state index contributed by atoms with van der Waals surface area (Å²) in [7, 11) is 0. The highest BCUT2D eigenvalue weighted by molar-refractivity contribution is 5.27. The van der Waals surface area contributed by atoms with Crippen LogP contribution in [0.2, 0.25) is 0 Å². The maximum atomic E-state index is 10.0. The lowest BCUT2D eigenvalue weighted by Crippen LogP contribution is -2.39. The summed E-state index contributed by atoms with van der Waals surface area (Å²) < 4.78 is 0. The van der Waals surface area contributed by atoms with Crippen molar-refractivity contribution in [2.75, 3.05) is 26.2 Å². The lowest BCUT2D eigenvalue weighted by atomic mass is 10.3. The van der Waals surface area contributed by atoms with Crippen molar-refractivity contribution < 1.29 is 4.92 Å². The van der Waals surface area contributed by atoms with Crippen LogP contribution in [0, 0.1) is 10.1 Å². The van der Waals surface area contributed by atoms with E-state index in [1.165, 1.54) is 12.1 Å². The van der Waals surface area contributed by atoms with Crippen LogP contribution in [0.25, 0.3) is 0 Å². The third-order valence-electron chi connectivity index (χ3n) is 1.92. The molecule has 15 heavy (non-hydrogen) atoms. The van der Waals surface area contributed by atoms with Crippen LogP contribution in [0.1, 0.15) is 0 Å². The van der Waals surface area contributed by atoms with Crippen LogP contribution in [-0.4, -0.2) is 31.1 Å². The molecule has 0 bridgehead atoms. The molecule has 1 aromatic carbocycles. The number of nitrogens with zero attached hydrogens (tertiary/aromatic N) is 1. The van der Waals surface area contributed by atoms with E-state index in [0.717, 1.165) is 26.2 Å². The highest BCUT2D eigenvalue weighted by atomic mass is 16.6. The maximum absolute atomic E-state index is 10.0. The zero-order valence-electron chi connectivity index (χ0n) is 8.48. The van der Waals surface area contributed by atoms with Crippen molar-refractivity contribution in [2.24, 2.45) is 0 Å². The van der Waals surface area contributed by atoms with E-state index in [9.17, 15) is 10.1 Å². The minimum Gasteiger partial charge on any atom is -0.314 e. The van der Waals surface area contributed by atoms with Crippen LogP contribution in [0.15, 0.2) is 30.3 Å². The molecule has 0 aliphatic carbocycles. The van der Waals surface area contributed by atoms with Crippen molar-refractivity contribution in [3.63, 3.8) is 0 Å². The van der Waals surface area contributed by atoms with Gasteiger partial charge >= 0.3 is 0 Å². The van der Waals surface area contributed by atoms with Crippen molar-refractivity contribution in [1.29, 1.82) is 0 Å². The first-order chi connectivity index (χ1) is 7.30. The van der Waals surface area contributed by atoms with Gasteiger partial charge in [0.2, 0.25) is 0 Å². The summed E-state index contributed by atoms with van der Waals surface area (Å²) in [4.78, 5) is 9.59. The first-order valence-electron chi connectivity index (χ1n) is 4.91. The number of rotatable bonds is 1. The van der Waals surface area contributed by atoms with Crippen molar-refractivity contribution in [1.82, 2.24) is 10.6 Å². The van der Waals surface area contributed by atoms with Crippen LogP contribution >= 0.6 is 0 Å². The van der Waals surface area contributed by atoms with Gasteiger partial charge in [0.25, 0.3) is 5.69 Å². The van der Waals surface area contributed by atoms with Gasteiger partial charge in [-0.15, -0.1) is 0 Å². The molecule has 0 radical (unpaired) electrons. The summed E-state index contributed by atoms with van der Waals surface area (Å²) >= 11 is 0. The van der Waals surface area contributed by atoms with Gasteiger partial charge in [0.05, 0.1) is 4.92 Å². The number of para-hydroxylation sites is 1. The Morgan fingerprint density at radius 3 is 1.73 bits per heavy atom. The third-order valence-corrected chi connectivity index (χ3v) is 1.92. The van der Waals surface area contributed by atoms with Gasteiger partial charge in [0, 0.05) is 38.3 Å². The van der Waals surface area contributed by atoms with E-state index in [1.54, 1.807) is 18.2 Å². The predicted octanol–water partition coefficient (Wildman–Crippen LogP) is 0.774. The molecule has 0 spiro atoms. The van der Waals surface area contributed by atoms with Gasteiger partial charge in [-0.3, -0.25) is 10.1 Å². The quantitative estimate of drug-likeness (QED) is 0.529. The third kappa shape index (κ3) is 5.09. The Morgan fingerprint density at radius 1 is 1.00 bits per heavy atom. The first kappa shape index (κ1) is 11.6. The van der Waals surface area contributed by atoms with Gasteiger partial charge in [-0.25, -0.2) is 0 Å². The zero-order chi connectivity index (χ0) is 10.9. The molecule has 0 aromatic heterocycles. The molecule has 0 atom stereocenters. The highest BCUT2D eigenvalue weighted by Gasteiger charge is 1.98. The van der Waals surface area contributed by atoms with Crippen LogP contribution in [0.4, 0.5) is 5.69 Å². The second kappa shape index (κ2) is 6.92. The van der Waals surface area contributed by atoms with Crippen molar-refractivity contribution in [2.45, 2.75) is 0 Å². The average molecular weight is 209 g/mol. The van der Waals surface area contributed by atoms with E-state index in [4.69, 9.17) is 0 Å². The van der Waals surface area contributed by atoms with Gasteiger partial charge in [-0.2, -0.15) is 0 Å². The molecule has 2 N–H and O–H groups in total. The molecular formula is C10H15N3O2. The number of hydrogen-bond donors (Lipinski definition) is 2. The maximum Gasteiger partial charge on any atom is 0.269 e. The summed E-state index contributed by atoms with van der Waals surface area (Å²) in [6.07, 6.45) is 0. The number of non-ortho nitro benzene ring substituents is 1. The Labute approximate surface area is 88.6 Å². The van der Waals surface area contributed by atoms with E-state index in [-0.39, 0.29) is 5.69 Å². The Hall–Kier alpha value is -1.46. The first-order valence-corrected chi connectivity index (χ1v) is 4.91. The number of nitro groups is 1. The Kier molecular flexibility index (Phi) is 5.35. The fraction of sp³-hybridized carbons (Fsp3) is 0.400. The second-order valence-corrected chi connectivity index (χ2v) is 3.09. The number of hydrogen-bond acceptors (Lipinski definition) is 4. The van der Waals surface area contributed by atoms with Crippen molar-refractivity contribution in [3.8, 4) is 0 Å². The van der Waals surface area contributed by atoms with Gasteiger partial charge in [0.15, 0.2) is 0 Å². The molecule has 1 aromatic rings. The van der Waals surface area contributed by atoms with E-state index in [2.05, 4.69) is 10.6 Å². The van der Waals surface area contributed by atoms with Crippen LogP contribution in [0.3, 0.4) is 0 Å². The van der Waals surface area contributed by atoms with E-state index < -0.39 is 4.92 Å². The summed E-state index contributed by atoms with van der Waals surface area (Å²) in [5.74, 6) is 0. The van der Waals surface area contributed by atoms with E-state index >= 15 is 0 Å². The number of benzene rings is 1. The topological polar surface area (TPSA) is 67.2 Å². The van der Waals surface area contributed by atoms with Crippen LogP contribution < -0.4 is 10.6 Å². The van der Waals surface area contributed by atoms with Gasteiger partial charge < -0.3 is 10.6 Å². The predicted molar refractivity (Wildman–Crippen MR) is 58.8 cm³/mol. The van der Waals surface area contributed by atoms with Gasteiger partial charge in [0.1, 0.15) is 0 Å². The van der Waals surface area contributed by atoms with E-state index in [1.807, 2.05) is 0 Å². The van der Waals surface area contributed by atoms with Gasteiger partial charge in [-0.1, -0.05) is 18.2 Å². The van der Waals surface area contributed by atoms with Crippen LogP contribution in [-0.2, 0) is 0 Å².